The van der Waals surface area contributed by atoms with Crippen LogP contribution < -0.4 is 5.19 Å². The van der Waals surface area contributed by atoms with Gasteiger partial charge in [0.2, 0.25) is 0 Å². The van der Waals surface area contributed by atoms with Gasteiger partial charge in [0.05, 0.1) is 13.7 Å². The Morgan fingerprint density at radius 2 is 1.48 bits per heavy atom. The number of furan rings is 1. The first-order chi connectivity index (χ1) is 25.1. The predicted molar refractivity (Wildman–Crippen MR) is 224 cm³/mol. The average Bonchev–Trinajstić information content (AvgIpc) is 3.48. The number of rotatable bonds is 7. The molecule has 0 aliphatic carbocycles. The molecule has 3 nitrogen and oxygen atoms in total. The fourth-order valence-electron chi connectivity index (χ4n) is 6.82. The van der Waals surface area contributed by atoms with Crippen molar-refractivity contribution in [3.05, 3.63) is 138 Å². The summed E-state index contributed by atoms with van der Waals surface area (Å²) < 4.78 is 20.2. The fraction of sp³-hybridized carbons (Fsp3) is 0.292. The Kier molecular flexibility index (Phi) is 12.6. The molecule has 7 aromatic rings. The first-order valence-corrected chi connectivity index (χ1v) is 22.1. The Labute approximate surface area is 335 Å². The maximum absolute atomic E-state index is 13.8. The molecule has 0 aliphatic heterocycles. The Hall–Kier alpha value is -4.22. The number of hydrogen-bond donors (Lipinski definition) is 0. The molecule has 281 valence electrons. The molecule has 0 unspecified atom stereocenters. The summed E-state index contributed by atoms with van der Waals surface area (Å²) in [6.45, 7) is 22.2. The summed E-state index contributed by atoms with van der Waals surface area (Å²) in [5, 5.41) is 3.62. The summed E-state index contributed by atoms with van der Waals surface area (Å²) >= 11 is 0. The largest absolute Gasteiger partial charge is 0.501 e. The van der Waals surface area contributed by atoms with E-state index in [4.69, 9.17) is 9.40 Å². The zero-order chi connectivity index (χ0) is 38.1. The summed E-state index contributed by atoms with van der Waals surface area (Å²) in [7, 11) is -1.44. The zero-order valence-electron chi connectivity index (χ0n) is 33.2. The van der Waals surface area contributed by atoms with Crippen LogP contribution in [-0.2, 0) is 32.9 Å². The topological polar surface area (TPSA) is 38.9 Å². The first-order valence-electron chi connectivity index (χ1n) is 18.6. The van der Waals surface area contributed by atoms with Crippen LogP contribution in [0.25, 0.3) is 55.6 Å². The predicted octanol–water partition coefficient (Wildman–Crippen LogP) is 12.7. The third-order valence-electron chi connectivity index (χ3n) is 9.53. The number of aryl methyl sites for hydroxylation is 2. The van der Waals surface area contributed by atoms with Gasteiger partial charge in [-0.05, 0) is 70.4 Å². The normalized spacial score (nSPS) is 11.8. The Bertz CT molecular complexity index is 2390. The van der Waals surface area contributed by atoms with Crippen LogP contribution >= 0.6 is 0 Å². The third-order valence-corrected chi connectivity index (χ3v) is 11.6. The number of benzene rings is 4. The van der Waals surface area contributed by atoms with Gasteiger partial charge >= 0.3 is 0 Å². The molecule has 0 atom stereocenters. The van der Waals surface area contributed by atoms with Gasteiger partial charge in [0.15, 0.2) is 0 Å². The van der Waals surface area contributed by atoms with Crippen molar-refractivity contribution in [2.45, 2.75) is 80.9 Å². The molecular weight excluding hydrogens is 860 g/mol. The van der Waals surface area contributed by atoms with Crippen molar-refractivity contribution in [1.29, 1.82) is 0 Å². The van der Waals surface area contributed by atoms with Crippen molar-refractivity contribution in [3.63, 3.8) is 0 Å². The quantitative estimate of drug-likeness (QED) is 0.118. The molecule has 7 rings (SSSR count). The van der Waals surface area contributed by atoms with E-state index >= 15 is 0 Å². The van der Waals surface area contributed by atoms with E-state index in [-0.39, 0.29) is 31.3 Å². The van der Waals surface area contributed by atoms with Gasteiger partial charge in [0, 0.05) is 43.7 Å². The van der Waals surface area contributed by atoms with E-state index in [0.29, 0.717) is 11.5 Å². The number of fused-ring (bicyclic) bond motifs is 3. The van der Waals surface area contributed by atoms with Gasteiger partial charge in [-0.15, -0.1) is 42.0 Å². The van der Waals surface area contributed by atoms with Crippen LogP contribution in [0.2, 0.25) is 19.6 Å². The molecule has 54 heavy (non-hydrogen) atoms. The molecule has 0 amide bonds. The van der Waals surface area contributed by atoms with Crippen LogP contribution in [0.1, 0.15) is 56.9 Å². The maximum atomic E-state index is 13.8. The SMILES string of the molecule is Cc1c[c-]c(-c2cc(CC(C)C)c([Si](C)(C)C)cn2)cc1F.Cc1cnc(-c2[c-]ccc3c2oc2cc(-c4ccccc4)ccc23)cc1CC(C)(C)C.[Ir]. The van der Waals surface area contributed by atoms with Crippen LogP contribution in [0.5, 0.6) is 0 Å². The number of nitrogens with zero attached hydrogens (tertiary/aromatic N) is 2. The third kappa shape index (κ3) is 9.52. The molecule has 0 fully saturated rings. The summed E-state index contributed by atoms with van der Waals surface area (Å²) in [5.41, 5.74) is 12.2. The van der Waals surface area contributed by atoms with Crippen LogP contribution in [0.4, 0.5) is 4.39 Å². The van der Waals surface area contributed by atoms with E-state index in [1.807, 2.05) is 24.5 Å². The summed E-state index contributed by atoms with van der Waals surface area (Å²) in [6.07, 6.45) is 6.01. The van der Waals surface area contributed by atoms with E-state index in [1.165, 1.54) is 33.5 Å². The van der Waals surface area contributed by atoms with E-state index in [9.17, 15) is 4.39 Å². The summed E-state index contributed by atoms with van der Waals surface area (Å²) in [4.78, 5) is 9.32. The van der Waals surface area contributed by atoms with E-state index in [0.717, 1.165) is 62.9 Å². The molecule has 3 aromatic heterocycles. The van der Waals surface area contributed by atoms with Crippen molar-refractivity contribution in [1.82, 2.24) is 9.97 Å². The molecule has 0 N–H and O–H groups in total. The first kappa shape index (κ1) is 41.0. The van der Waals surface area contributed by atoms with E-state index < -0.39 is 8.07 Å². The smallest absolute Gasteiger partial charge is 0.121 e. The van der Waals surface area contributed by atoms with Gasteiger partial charge in [0.1, 0.15) is 5.58 Å². The van der Waals surface area contributed by atoms with Gasteiger partial charge in [-0.3, -0.25) is 0 Å². The number of hydrogen-bond acceptors (Lipinski definition) is 3. The van der Waals surface area contributed by atoms with Crippen LogP contribution in [-0.4, -0.2) is 18.0 Å². The van der Waals surface area contributed by atoms with Gasteiger partial charge in [-0.2, -0.15) is 0 Å². The van der Waals surface area contributed by atoms with Gasteiger partial charge in [0.25, 0.3) is 0 Å². The van der Waals surface area contributed by atoms with Gasteiger partial charge < -0.3 is 14.4 Å². The van der Waals surface area contributed by atoms with Gasteiger partial charge in [-0.1, -0.05) is 143 Å². The molecule has 1 radical (unpaired) electrons. The minimum Gasteiger partial charge on any atom is -0.501 e. The van der Waals surface area contributed by atoms with Crippen LogP contribution in [0.3, 0.4) is 0 Å². The minimum atomic E-state index is -1.44. The zero-order valence-corrected chi connectivity index (χ0v) is 36.6. The van der Waals surface area contributed by atoms with Crippen LogP contribution in [0, 0.1) is 43.1 Å². The number of pyridine rings is 2. The van der Waals surface area contributed by atoms with Crippen molar-refractivity contribution in [2.24, 2.45) is 11.3 Å². The molecule has 4 aromatic carbocycles. The number of halogens is 1. The Morgan fingerprint density at radius 1 is 0.778 bits per heavy atom. The van der Waals surface area contributed by atoms with Crippen molar-refractivity contribution >= 4 is 35.2 Å². The Balaban J connectivity index is 0.000000217. The average molecular weight is 911 g/mol. The van der Waals surface area contributed by atoms with Crippen molar-refractivity contribution < 1.29 is 28.9 Å². The molecule has 0 saturated heterocycles. The standard InChI is InChI=1S/C29H26NO.C19H25FNSi.Ir/c1-19-18-30-26(15-22(19)17-29(2,3)4)25-12-8-11-24-23-14-13-21(16-27(23)31-28(24)25)20-9-6-5-7-10-20;1-13(2)9-16-11-18(21-12-19(16)22(4,5)6)15-8-7-14(3)17(20)10-15;/h5-11,13-16,18H,17H2,1-4H3;7,10-13H,9H2,1-6H3;/q2*-1;. The second-order valence-electron chi connectivity index (χ2n) is 17.0. The Morgan fingerprint density at radius 3 is 2.15 bits per heavy atom. The summed E-state index contributed by atoms with van der Waals surface area (Å²) in [5.74, 6) is 0.388. The molecule has 0 spiro atoms. The van der Waals surface area contributed by atoms with Gasteiger partial charge in [-0.25, -0.2) is 4.39 Å². The van der Waals surface area contributed by atoms with Crippen LogP contribution in [0.15, 0.2) is 102 Å². The second-order valence-corrected chi connectivity index (χ2v) is 22.0. The second kappa shape index (κ2) is 16.6. The van der Waals surface area contributed by atoms with E-state index in [2.05, 4.69) is 139 Å². The van der Waals surface area contributed by atoms with E-state index in [1.54, 1.807) is 13.0 Å². The monoisotopic (exact) mass is 911 g/mol. The van der Waals surface area contributed by atoms with Crippen molar-refractivity contribution in [2.75, 3.05) is 0 Å². The van der Waals surface area contributed by atoms with Crippen molar-refractivity contribution in [3.8, 4) is 33.6 Å². The fourth-order valence-corrected chi connectivity index (χ4v) is 8.41. The molecular formula is C48H51FIrN2OSi-2. The molecule has 0 saturated carbocycles. The molecule has 3 heterocycles. The maximum Gasteiger partial charge on any atom is 0.121 e. The molecule has 6 heteroatoms. The molecule has 0 aliphatic rings. The molecule has 0 bridgehead atoms. The number of aromatic nitrogens is 2. The minimum absolute atomic E-state index is 0. The summed E-state index contributed by atoms with van der Waals surface area (Å²) in [6, 6.07) is 35.0.